The Bertz CT molecular complexity index is 431. The van der Waals surface area contributed by atoms with Crippen molar-refractivity contribution in [2.75, 3.05) is 24.3 Å². The van der Waals surface area contributed by atoms with Gasteiger partial charge in [-0.2, -0.15) is 5.10 Å². The number of hydrogen-bond acceptors (Lipinski definition) is 4. The number of aromatic nitrogens is 1. The number of rotatable bonds is 1. The van der Waals surface area contributed by atoms with Crippen LogP contribution in [0.25, 0.3) is 0 Å². The van der Waals surface area contributed by atoms with Crippen molar-refractivity contribution in [1.29, 1.82) is 0 Å². The molecule has 0 amide bonds. The lowest BCUT2D eigenvalue weighted by atomic mass is 10.1. The maximum Gasteiger partial charge on any atom is 0.154 e. The molecule has 0 spiro atoms. The fraction of sp³-hybridized carbons (Fsp3) is 0.400. The van der Waals surface area contributed by atoms with Crippen molar-refractivity contribution in [2.45, 2.75) is 13.0 Å². The summed E-state index contributed by atoms with van der Waals surface area (Å²) in [5.41, 5.74) is 4.62. The third kappa shape index (κ3) is 1.67. The molecule has 86 valence electrons. The lowest BCUT2D eigenvalue weighted by Crippen LogP contribution is -2.45. The van der Waals surface area contributed by atoms with Crippen molar-refractivity contribution in [3.63, 3.8) is 0 Å². The van der Waals surface area contributed by atoms with Gasteiger partial charge in [0.15, 0.2) is 5.15 Å². The van der Waals surface area contributed by atoms with Crippen LogP contribution in [0.5, 0.6) is 0 Å². The van der Waals surface area contributed by atoms with Gasteiger partial charge in [-0.15, -0.1) is 0 Å². The number of likely N-dealkylation sites (N-methyl/N-ethyl adjacent to an activating group) is 1. The quantitative estimate of drug-likeness (QED) is 0.576. The van der Waals surface area contributed by atoms with E-state index >= 15 is 0 Å². The summed E-state index contributed by atoms with van der Waals surface area (Å²) >= 11 is 6.08. The maximum atomic E-state index is 6.08. The Hall–Kier alpha value is -1.49. The highest BCUT2D eigenvalue weighted by Gasteiger charge is 2.27. The summed E-state index contributed by atoms with van der Waals surface area (Å²) in [5, 5.41) is 7.94. The van der Waals surface area contributed by atoms with E-state index in [1.54, 1.807) is 13.2 Å². The van der Waals surface area contributed by atoms with Gasteiger partial charge in [-0.25, -0.2) is 4.98 Å². The zero-order valence-electron chi connectivity index (χ0n) is 9.45. The average Bonchev–Trinajstić information content (AvgIpc) is 2.25. The van der Waals surface area contributed by atoms with Gasteiger partial charge in [-0.1, -0.05) is 11.6 Å². The van der Waals surface area contributed by atoms with E-state index in [0.717, 1.165) is 17.2 Å². The monoisotopic (exact) mass is 239 g/mol. The van der Waals surface area contributed by atoms with Crippen molar-refractivity contribution in [3.8, 4) is 0 Å². The van der Waals surface area contributed by atoms with Crippen LogP contribution in [0.4, 0.5) is 11.4 Å². The standard InChI is InChI=1S/C10H14ClN5/c1-6-10(15-12-2)14-7-4-5-13-9(11)8(7)16(6)3/h4-6,12H,1-3H3,(H,14,15)/t6-/m0/s1. The summed E-state index contributed by atoms with van der Waals surface area (Å²) in [5.74, 6) is 0.861. The normalized spacial score (nSPS) is 21.6. The number of hydrazone groups is 1. The smallest absolute Gasteiger partial charge is 0.154 e. The Labute approximate surface area is 99.5 Å². The van der Waals surface area contributed by atoms with E-state index in [9.17, 15) is 0 Å². The lowest BCUT2D eigenvalue weighted by Gasteiger charge is -2.35. The summed E-state index contributed by atoms with van der Waals surface area (Å²) < 4.78 is 0. The number of nitrogens with zero attached hydrogens (tertiary/aromatic N) is 3. The van der Waals surface area contributed by atoms with Gasteiger partial charge in [-0.05, 0) is 13.0 Å². The molecular formula is C10H14ClN5. The van der Waals surface area contributed by atoms with Crippen molar-refractivity contribution >= 4 is 28.8 Å². The first-order valence-corrected chi connectivity index (χ1v) is 5.41. The van der Waals surface area contributed by atoms with E-state index in [2.05, 4.69) is 32.7 Å². The highest BCUT2D eigenvalue weighted by molar-refractivity contribution is 6.33. The molecule has 0 saturated carbocycles. The second-order valence-electron chi connectivity index (χ2n) is 3.63. The van der Waals surface area contributed by atoms with Crippen molar-refractivity contribution in [3.05, 3.63) is 17.4 Å². The number of fused-ring (bicyclic) bond motifs is 1. The van der Waals surface area contributed by atoms with Crippen LogP contribution < -0.4 is 15.6 Å². The molecule has 2 rings (SSSR count). The molecule has 0 fully saturated rings. The summed E-state index contributed by atoms with van der Waals surface area (Å²) in [7, 11) is 3.75. The molecular weight excluding hydrogens is 226 g/mol. The van der Waals surface area contributed by atoms with Crippen LogP contribution in [0, 0.1) is 0 Å². The zero-order chi connectivity index (χ0) is 11.7. The molecule has 1 aromatic rings. The Morgan fingerprint density at radius 1 is 1.62 bits per heavy atom. The molecule has 2 N–H and O–H groups in total. The lowest BCUT2D eigenvalue weighted by molar-refractivity contribution is 0.809. The van der Waals surface area contributed by atoms with Gasteiger partial charge in [0.25, 0.3) is 0 Å². The number of pyridine rings is 1. The van der Waals surface area contributed by atoms with Crippen LogP contribution in [0.15, 0.2) is 17.4 Å². The number of hydrogen-bond donors (Lipinski definition) is 2. The largest absolute Gasteiger partial charge is 0.360 e. The van der Waals surface area contributed by atoms with Crippen LogP contribution in [-0.4, -0.2) is 31.0 Å². The van der Waals surface area contributed by atoms with Gasteiger partial charge in [-0.3, -0.25) is 0 Å². The van der Waals surface area contributed by atoms with E-state index in [-0.39, 0.29) is 6.04 Å². The van der Waals surface area contributed by atoms with Gasteiger partial charge in [0.1, 0.15) is 5.84 Å². The van der Waals surface area contributed by atoms with Crippen LogP contribution in [0.2, 0.25) is 5.15 Å². The van der Waals surface area contributed by atoms with Gasteiger partial charge in [0, 0.05) is 20.3 Å². The highest BCUT2D eigenvalue weighted by atomic mass is 35.5. The second-order valence-corrected chi connectivity index (χ2v) is 3.99. The molecule has 0 unspecified atom stereocenters. The zero-order valence-corrected chi connectivity index (χ0v) is 10.2. The highest BCUT2D eigenvalue weighted by Crippen LogP contribution is 2.35. The van der Waals surface area contributed by atoms with Crippen LogP contribution in [-0.2, 0) is 0 Å². The number of amidine groups is 1. The van der Waals surface area contributed by atoms with E-state index < -0.39 is 0 Å². The Balaban J connectivity index is 2.48. The fourth-order valence-electron chi connectivity index (χ4n) is 1.73. The molecule has 0 aromatic carbocycles. The van der Waals surface area contributed by atoms with Gasteiger partial charge < -0.3 is 15.6 Å². The van der Waals surface area contributed by atoms with Crippen molar-refractivity contribution < 1.29 is 0 Å². The molecule has 1 aliphatic rings. The van der Waals surface area contributed by atoms with Gasteiger partial charge >= 0.3 is 0 Å². The van der Waals surface area contributed by atoms with Gasteiger partial charge in [0.2, 0.25) is 0 Å². The maximum absolute atomic E-state index is 6.08. The van der Waals surface area contributed by atoms with Crippen LogP contribution in [0.1, 0.15) is 6.92 Å². The summed E-state index contributed by atoms with van der Waals surface area (Å²) in [6.45, 7) is 2.05. The molecule has 2 heterocycles. The minimum atomic E-state index is 0.127. The minimum absolute atomic E-state index is 0.127. The van der Waals surface area contributed by atoms with Crippen LogP contribution >= 0.6 is 11.6 Å². The predicted octanol–water partition coefficient (Wildman–Crippen LogP) is 1.52. The van der Waals surface area contributed by atoms with Crippen LogP contribution in [0.3, 0.4) is 0 Å². The fourth-order valence-corrected chi connectivity index (χ4v) is 2.02. The number of nitrogens with one attached hydrogen (secondary N) is 2. The summed E-state index contributed by atoms with van der Waals surface area (Å²) in [6.07, 6.45) is 1.68. The molecule has 0 saturated heterocycles. The summed E-state index contributed by atoms with van der Waals surface area (Å²) in [4.78, 5) is 6.13. The molecule has 1 atom stereocenters. The van der Waals surface area contributed by atoms with E-state index in [4.69, 9.17) is 11.6 Å². The molecule has 5 nitrogen and oxygen atoms in total. The average molecular weight is 240 g/mol. The molecule has 16 heavy (non-hydrogen) atoms. The summed E-state index contributed by atoms with van der Waals surface area (Å²) in [6, 6.07) is 2.01. The molecule has 1 aromatic heterocycles. The second kappa shape index (κ2) is 4.17. The Kier molecular flexibility index (Phi) is 2.87. The van der Waals surface area contributed by atoms with Crippen molar-refractivity contribution in [1.82, 2.24) is 10.4 Å². The Morgan fingerprint density at radius 3 is 3.06 bits per heavy atom. The topological polar surface area (TPSA) is 52.6 Å². The molecule has 0 bridgehead atoms. The van der Waals surface area contributed by atoms with E-state index in [1.165, 1.54) is 0 Å². The van der Waals surface area contributed by atoms with Crippen molar-refractivity contribution in [2.24, 2.45) is 5.10 Å². The first kappa shape index (κ1) is 11.0. The predicted molar refractivity (Wildman–Crippen MR) is 67.2 cm³/mol. The van der Waals surface area contributed by atoms with E-state index in [0.29, 0.717) is 5.15 Å². The van der Waals surface area contributed by atoms with Gasteiger partial charge in [0.05, 0.1) is 17.4 Å². The first-order chi connectivity index (χ1) is 7.65. The molecule has 6 heteroatoms. The number of halogens is 1. The molecule has 0 radical (unpaired) electrons. The number of anilines is 2. The third-order valence-corrected chi connectivity index (χ3v) is 2.98. The van der Waals surface area contributed by atoms with E-state index in [1.807, 2.05) is 13.1 Å². The SMILES string of the molecule is CN/N=C1\Nc2ccnc(Cl)c2N(C)[C@H]1C. The Morgan fingerprint density at radius 2 is 2.38 bits per heavy atom. The minimum Gasteiger partial charge on any atom is -0.360 e. The third-order valence-electron chi connectivity index (χ3n) is 2.70. The molecule has 1 aliphatic heterocycles. The molecule has 0 aliphatic carbocycles. The first-order valence-electron chi connectivity index (χ1n) is 5.04.